The third-order valence-electron chi connectivity index (χ3n) is 5.90. The van der Waals surface area contributed by atoms with Gasteiger partial charge in [-0.25, -0.2) is 0 Å². The normalized spacial score (nSPS) is 17.4. The number of carbonyl (C=O) groups excluding carboxylic acids is 1. The van der Waals surface area contributed by atoms with E-state index in [9.17, 15) is 4.79 Å². The van der Waals surface area contributed by atoms with Crippen LogP contribution in [-0.2, 0) is 11.3 Å². The van der Waals surface area contributed by atoms with Gasteiger partial charge in [-0.05, 0) is 42.2 Å². The van der Waals surface area contributed by atoms with E-state index >= 15 is 0 Å². The molecule has 0 aliphatic carbocycles. The van der Waals surface area contributed by atoms with Crippen LogP contribution in [0, 0.1) is 16.7 Å². The molecule has 2 unspecified atom stereocenters. The third-order valence-corrected chi connectivity index (χ3v) is 5.90. The van der Waals surface area contributed by atoms with E-state index in [1.54, 1.807) is 0 Å². The van der Waals surface area contributed by atoms with E-state index in [0.29, 0.717) is 0 Å². The highest BCUT2D eigenvalue weighted by Gasteiger charge is 2.50. The Balaban J connectivity index is 2.48. The number of hydrogen-bond acceptors (Lipinski definition) is 1. The summed E-state index contributed by atoms with van der Waals surface area (Å²) in [6, 6.07) is 10.5. The van der Waals surface area contributed by atoms with Crippen molar-refractivity contribution in [3.63, 3.8) is 0 Å². The molecule has 0 radical (unpaired) electrons. The molecule has 2 atom stereocenters. The van der Waals surface area contributed by atoms with E-state index in [4.69, 9.17) is 5.73 Å². The minimum Gasteiger partial charge on any atom is -0.369 e. The highest BCUT2D eigenvalue weighted by molar-refractivity contribution is 5.82. The Morgan fingerprint density at radius 1 is 1.23 bits per heavy atom. The molecule has 0 bridgehead atoms. The van der Waals surface area contributed by atoms with Gasteiger partial charge in [0.15, 0.2) is 0 Å². The fourth-order valence-electron chi connectivity index (χ4n) is 3.58. The summed E-state index contributed by atoms with van der Waals surface area (Å²) >= 11 is 0. The van der Waals surface area contributed by atoms with Gasteiger partial charge in [-0.2, -0.15) is 0 Å². The lowest BCUT2D eigenvalue weighted by Gasteiger charge is -2.47. The van der Waals surface area contributed by atoms with Gasteiger partial charge in [0.05, 0.1) is 5.41 Å². The number of amides is 1. The molecule has 0 spiro atoms. The summed E-state index contributed by atoms with van der Waals surface area (Å²) in [6.07, 6.45) is 3.01. The molecule has 2 N–H and O–H groups in total. The number of rotatable bonds is 6. The van der Waals surface area contributed by atoms with Crippen molar-refractivity contribution >= 4 is 16.8 Å². The molecule has 1 heterocycles. The Hall–Kier alpha value is -1.77. The quantitative estimate of drug-likeness (QED) is 0.853. The van der Waals surface area contributed by atoms with Gasteiger partial charge >= 0.3 is 0 Å². The van der Waals surface area contributed by atoms with E-state index in [1.165, 1.54) is 10.9 Å². The first-order valence-electron chi connectivity index (χ1n) is 8.10. The van der Waals surface area contributed by atoms with Crippen LogP contribution in [0.4, 0.5) is 0 Å². The van der Waals surface area contributed by atoms with E-state index in [1.807, 2.05) is 13.0 Å². The Bertz CT molecular complexity index is 673. The zero-order chi connectivity index (χ0) is 16.5. The third kappa shape index (κ3) is 2.43. The number of fused-ring (bicyclic) bond motifs is 1. The van der Waals surface area contributed by atoms with Crippen molar-refractivity contribution in [3.05, 3.63) is 36.5 Å². The van der Waals surface area contributed by atoms with Crippen LogP contribution in [0.5, 0.6) is 0 Å². The first-order valence-corrected chi connectivity index (χ1v) is 8.10. The summed E-state index contributed by atoms with van der Waals surface area (Å²) in [4.78, 5) is 12.3. The summed E-state index contributed by atoms with van der Waals surface area (Å²) in [7, 11) is 0. The molecule has 0 saturated carbocycles. The van der Waals surface area contributed by atoms with Crippen LogP contribution in [0.3, 0.4) is 0 Å². The minimum absolute atomic E-state index is 0.191. The number of hydrogen-bond donors (Lipinski definition) is 1. The highest BCUT2D eigenvalue weighted by Crippen LogP contribution is 2.48. The Kier molecular flexibility index (Phi) is 4.37. The predicted molar refractivity (Wildman–Crippen MR) is 92.5 cm³/mol. The molecule has 0 saturated heterocycles. The van der Waals surface area contributed by atoms with Crippen molar-refractivity contribution in [1.82, 2.24) is 4.57 Å². The van der Waals surface area contributed by atoms with Crippen molar-refractivity contribution in [1.29, 1.82) is 0 Å². The molecule has 1 aromatic heterocycles. The molecular weight excluding hydrogens is 272 g/mol. The summed E-state index contributed by atoms with van der Waals surface area (Å²) in [5.74, 6) is -0.0138. The Morgan fingerprint density at radius 3 is 2.41 bits per heavy atom. The number of benzene rings is 1. The Labute approximate surface area is 133 Å². The minimum atomic E-state index is -0.548. The molecule has 2 aromatic rings. The smallest absolute Gasteiger partial charge is 0.224 e. The van der Waals surface area contributed by atoms with Crippen LogP contribution >= 0.6 is 0 Å². The van der Waals surface area contributed by atoms with Crippen molar-refractivity contribution in [3.8, 4) is 0 Å². The molecular formula is C19H28N2O. The van der Waals surface area contributed by atoms with Gasteiger partial charge in [-0.3, -0.25) is 4.79 Å². The molecule has 0 aliphatic rings. The van der Waals surface area contributed by atoms with Gasteiger partial charge < -0.3 is 10.3 Å². The second-order valence-corrected chi connectivity index (χ2v) is 7.14. The van der Waals surface area contributed by atoms with E-state index in [2.05, 4.69) is 62.7 Å². The fourth-order valence-corrected chi connectivity index (χ4v) is 3.58. The molecule has 0 aliphatic heterocycles. The molecule has 120 valence electrons. The van der Waals surface area contributed by atoms with Gasteiger partial charge in [-0.15, -0.1) is 0 Å². The lowest BCUT2D eigenvalue weighted by atomic mass is 9.58. The van der Waals surface area contributed by atoms with Gasteiger partial charge in [0.25, 0.3) is 0 Å². The van der Waals surface area contributed by atoms with Crippen LogP contribution in [-0.4, -0.2) is 10.5 Å². The first-order chi connectivity index (χ1) is 10.3. The average Bonchev–Trinajstić information content (AvgIpc) is 2.88. The second-order valence-electron chi connectivity index (χ2n) is 7.14. The molecule has 1 amide bonds. The molecule has 22 heavy (non-hydrogen) atoms. The number of nitrogens with zero attached hydrogens (tertiary/aromatic N) is 1. The summed E-state index contributed by atoms with van der Waals surface area (Å²) in [5, 5.41) is 1.23. The van der Waals surface area contributed by atoms with Gasteiger partial charge in [-0.1, -0.05) is 45.9 Å². The number of para-hydroxylation sites is 1. The van der Waals surface area contributed by atoms with Crippen molar-refractivity contribution in [2.45, 2.75) is 47.6 Å². The zero-order valence-corrected chi connectivity index (χ0v) is 14.4. The maximum Gasteiger partial charge on any atom is 0.224 e. The lowest BCUT2D eigenvalue weighted by Crippen LogP contribution is -2.52. The second kappa shape index (κ2) is 5.79. The van der Waals surface area contributed by atoms with Crippen LogP contribution in [0.25, 0.3) is 10.9 Å². The highest BCUT2D eigenvalue weighted by atomic mass is 16.1. The van der Waals surface area contributed by atoms with Crippen LogP contribution in [0.2, 0.25) is 0 Å². The fraction of sp³-hybridized carbons (Fsp3) is 0.526. The summed E-state index contributed by atoms with van der Waals surface area (Å²) in [5.41, 5.74) is 6.29. The van der Waals surface area contributed by atoms with Crippen molar-refractivity contribution in [2.24, 2.45) is 22.5 Å². The van der Waals surface area contributed by atoms with Crippen molar-refractivity contribution < 1.29 is 4.79 Å². The monoisotopic (exact) mass is 300 g/mol. The van der Waals surface area contributed by atoms with Crippen molar-refractivity contribution in [2.75, 3.05) is 0 Å². The summed E-state index contributed by atoms with van der Waals surface area (Å²) < 4.78 is 2.25. The molecule has 1 aromatic carbocycles. The average molecular weight is 300 g/mol. The maximum atomic E-state index is 12.3. The largest absolute Gasteiger partial charge is 0.369 e. The van der Waals surface area contributed by atoms with E-state index in [-0.39, 0.29) is 17.2 Å². The van der Waals surface area contributed by atoms with Gasteiger partial charge in [0, 0.05) is 18.3 Å². The SMILES string of the molecule is CCC(C)(Cn1ccc2ccccc21)C(C)(C(N)=O)C(C)C. The lowest BCUT2D eigenvalue weighted by molar-refractivity contribution is -0.139. The molecule has 3 heteroatoms. The number of nitrogens with two attached hydrogens (primary N) is 1. The van der Waals surface area contributed by atoms with E-state index in [0.717, 1.165) is 13.0 Å². The zero-order valence-electron chi connectivity index (χ0n) is 14.4. The van der Waals surface area contributed by atoms with Crippen LogP contribution < -0.4 is 5.73 Å². The molecule has 2 rings (SSSR count). The molecule has 3 nitrogen and oxygen atoms in total. The topological polar surface area (TPSA) is 48.0 Å². The first kappa shape index (κ1) is 16.6. The van der Waals surface area contributed by atoms with Gasteiger partial charge in [0.1, 0.15) is 0 Å². The number of primary amides is 1. The maximum absolute atomic E-state index is 12.3. The standard InChI is InChI=1S/C19H28N2O/c1-6-18(4,19(5,14(2)3)17(20)22)13-21-12-11-15-9-7-8-10-16(15)21/h7-12,14H,6,13H2,1-5H3,(H2,20,22). The van der Waals surface area contributed by atoms with Gasteiger partial charge in [0.2, 0.25) is 5.91 Å². The van der Waals surface area contributed by atoms with Crippen LogP contribution in [0.15, 0.2) is 36.5 Å². The van der Waals surface area contributed by atoms with E-state index < -0.39 is 5.41 Å². The summed E-state index contributed by atoms with van der Waals surface area (Å²) in [6.45, 7) is 11.3. The predicted octanol–water partition coefficient (Wildman–Crippen LogP) is 4.21. The van der Waals surface area contributed by atoms with Crippen LogP contribution in [0.1, 0.15) is 41.0 Å². The Morgan fingerprint density at radius 2 is 1.86 bits per heavy atom. The molecule has 0 fully saturated rings. The number of aromatic nitrogens is 1. The number of carbonyl (C=O) groups is 1.